The molecule has 4 nitrogen and oxygen atoms in total. The summed E-state index contributed by atoms with van der Waals surface area (Å²) in [6, 6.07) is 2.96. The van der Waals surface area contributed by atoms with E-state index in [1.807, 2.05) is 19.9 Å². The van der Waals surface area contributed by atoms with Gasteiger partial charge in [-0.2, -0.15) is 0 Å². The molecule has 1 saturated carbocycles. The Morgan fingerprint density at radius 3 is 2.22 bits per heavy atom. The lowest BCUT2D eigenvalue weighted by Gasteiger charge is -2.35. The zero-order valence-electron chi connectivity index (χ0n) is 11.7. The predicted molar refractivity (Wildman–Crippen MR) is 74.8 cm³/mol. The molecule has 0 atom stereocenters. The average Bonchev–Trinajstić information content (AvgIpc) is 2.31. The van der Waals surface area contributed by atoms with Crippen LogP contribution in [-0.2, 0) is 0 Å². The lowest BCUT2D eigenvalue weighted by molar-refractivity contribution is 0.375. The first-order valence-electron chi connectivity index (χ1n) is 6.94. The van der Waals surface area contributed by atoms with Crippen LogP contribution in [-0.4, -0.2) is 28.6 Å². The largest absolute Gasteiger partial charge is 0.338 e. The van der Waals surface area contributed by atoms with Gasteiger partial charge < -0.3 is 10.6 Å². The molecular weight excluding hydrogens is 224 g/mol. The fourth-order valence-electron chi connectivity index (χ4n) is 2.81. The van der Waals surface area contributed by atoms with Crippen LogP contribution in [0.5, 0.6) is 0 Å². The normalized spacial score (nSPS) is 24.0. The van der Waals surface area contributed by atoms with Crippen molar-refractivity contribution < 1.29 is 0 Å². The zero-order valence-corrected chi connectivity index (χ0v) is 11.7. The van der Waals surface area contributed by atoms with Crippen molar-refractivity contribution in [2.24, 2.45) is 5.73 Å². The first-order valence-corrected chi connectivity index (χ1v) is 6.94. The number of hydrogen-bond acceptors (Lipinski definition) is 4. The van der Waals surface area contributed by atoms with Gasteiger partial charge in [0.25, 0.3) is 0 Å². The Kier molecular flexibility index (Phi) is 4.17. The van der Waals surface area contributed by atoms with Crippen molar-refractivity contribution >= 4 is 5.95 Å². The minimum atomic E-state index is 0.389. The van der Waals surface area contributed by atoms with E-state index in [1.54, 1.807) is 0 Å². The Labute approximate surface area is 110 Å². The van der Waals surface area contributed by atoms with Crippen LogP contribution in [0.1, 0.15) is 44.0 Å². The van der Waals surface area contributed by atoms with E-state index in [9.17, 15) is 0 Å². The van der Waals surface area contributed by atoms with E-state index >= 15 is 0 Å². The number of aromatic nitrogens is 2. The zero-order chi connectivity index (χ0) is 13.1. The second kappa shape index (κ2) is 5.65. The van der Waals surface area contributed by atoms with Gasteiger partial charge in [-0.05, 0) is 52.5 Å². The van der Waals surface area contributed by atoms with Gasteiger partial charge in [-0.3, -0.25) is 0 Å². The molecule has 0 radical (unpaired) electrons. The molecule has 0 unspecified atom stereocenters. The number of anilines is 1. The fraction of sp³-hybridized carbons (Fsp3) is 0.714. The summed E-state index contributed by atoms with van der Waals surface area (Å²) >= 11 is 0. The van der Waals surface area contributed by atoms with E-state index in [-0.39, 0.29) is 0 Å². The molecule has 0 saturated heterocycles. The lowest BCUT2D eigenvalue weighted by atomic mass is 9.91. The number of nitrogens with two attached hydrogens (primary N) is 1. The first kappa shape index (κ1) is 13.3. The van der Waals surface area contributed by atoms with Gasteiger partial charge >= 0.3 is 0 Å². The van der Waals surface area contributed by atoms with Gasteiger partial charge in [0, 0.05) is 30.0 Å². The van der Waals surface area contributed by atoms with Crippen LogP contribution in [0.3, 0.4) is 0 Å². The Morgan fingerprint density at radius 2 is 1.72 bits per heavy atom. The monoisotopic (exact) mass is 248 g/mol. The SMILES string of the molecule is CCN(c1nc(C)cc(C)n1)C1CCC(N)CC1. The standard InChI is InChI=1S/C14H24N4/c1-4-18(13-7-5-12(15)6-8-13)14-16-10(2)9-11(3)17-14/h9,12-13H,4-8,15H2,1-3H3. The third kappa shape index (κ3) is 2.99. The van der Waals surface area contributed by atoms with Gasteiger partial charge in [-0.25, -0.2) is 9.97 Å². The molecule has 1 heterocycles. The van der Waals surface area contributed by atoms with E-state index < -0.39 is 0 Å². The highest BCUT2D eigenvalue weighted by Crippen LogP contribution is 2.25. The number of nitrogens with zero attached hydrogens (tertiary/aromatic N) is 3. The Bertz CT molecular complexity index is 377. The van der Waals surface area contributed by atoms with Gasteiger partial charge in [-0.1, -0.05) is 0 Å². The molecule has 1 aromatic rings. The van der Waals surface area contributed by atoms with Gasteiger partial charge in [0.15, 0.2) is 0 Å². The van der Waals surface area contributed by atoms with Crippen LogP contribution < -0.4 is 10.6 Å². The summed E-state index contributed by atoms with van der Waals surface area (Å²) in [7, 11) is 0. The molecule has 1 fully saturated rings. The topological polar surface area (TPSA) is 55.0 Å². The van der Waals surface area contributed by atoms with Crippen molar-refractivity contribution in [1.82, 2.24) is 9.97 Å². The van der Waals surface area contributed by atoms with Crippen LogP contribution in [0.25, 0.3) is 0 Å². The summed E-state index contributed by atoms with van der Waals surface area (Å²) in [5.74, 6) is 0.885. The third-order valence-corrected chi connectivity index (χ3v) is 3.75. The van der Waals surface area contributed by atoms with E-state index in [0.29, 0.717) is 12.1 Å². The molecule has 1 aromatic heterocycles. The molecule has 0 spiro atoms. The summed E-state index contributed by atoms with van der Waals surface area (Å²) in [5.41, 5.74) is 8.07. The maximum Gasteiger partial charge on any atom is 0.226 e. The van der Waals surface area contributed by atoms with Crippen molar-refractivity contribution in [3.63, 3.8) is 0 Å². The molecule has 0 amide bonds. The first-order chi connectivity index (χ1) is 8.60. The molecule has 0 aliphatic heterocycles. The van der Waals surface area contributed by atoms with E-state index in [1.165, 1.54) is 0 Å². The summed E-state index contributed by atoms with van der Waals surface area (Å²) in [4.78, 5) is 11.5. The molecule has 18 heavy (non-hydrogen) atoms. The molecule has 0 aromatic carbocycles. The highest BCUT2D eigenvalue weighted by Gasteiger charge is 2.25. The highest BCUT2D eigenvalue weighted by molar-refractivity contribution is 5.33. The molecule has 1 aliphatic carbocycles. The summed E-state index contributed by atoms with van der Waals surface area (Å²) in [5, 5.41) is 0. The van der Waals surface area contributed by atoms with E-state index in [0.717, 1.165) is 49.6 Å². The second-order valence-electron chi connectivity index (χ2n) is 5.31. The number of rotatable bonds is 3. The minimum Gasteiger partial charge on any atom is -0.338 e. The van der Waals surface area contributed by atoms with Crippen molar-refractivity contribution in [3.8, 4) is 0 Å². The smallest absolute Gasteiger partial charge is 0.226 e. The van der Waals surface area contributed by atoms with Crippen molar-refractivity contribution in [3.05, 3.63) is 17.5 Å². The predicted octanol–water partition coefficient (Wildman–Crippen LogP) is 2.19. The van der Waals surface area contributed by atoms with Crippen LogP contribution in [0.15, 0.2) is 6.07 Å². The molecular formula is C14H24N4. The quantitative estimate of drug-likeness (QED) is 0.891. The highest BCUT2D eigenvalue weighted by atomic mass is 15.3. The van der Waals surface area contributed by atoms with Crippen molar-refractivity contribution in [1.29, 1.82) is 0 Å². The maximum absolute atomic E-state index is 5.98. The van der Waals surface area contributed by atoms with Crippen molar-refractivity contribution in [2.75, 3.05) is 11.4 Å². The van der Waals surface area contributed by atoms with Gasteiger partial charge in [0.05, 0.1) is 0 Å². The Balaban J connectivity index is 2.17. The Morgan fingerprint density at radius 1 is 1.17 bits per heavy atom. The maximum atomic E-state index is 5.98. The van der Waals surface area contributed by atoms with Crippen LogP contribution in [0.2, 0.25) is 0 Å². The van der Waals surface area contributed by atoms with Crippen LogP contribution in [0.4, 0.5) is 5.95 Å². The summed E-state index contributed by atoms with van der Waals surface area (Å²) < 4.78 is 0. The molecule has 2 rings (SSSR count). The lowest BCUT2D eigenvalue weighted by Crippen LogP contribution is -2.41. The van der Waals surface area contributed by atoms with E-state index in [2.05, 4.69) is 21.8 Å². The fourth-order valence-corrected chi connectivity index (χ4v) is 2.81. The van der Waals surface area contributed by atoms with Gasteiger partial charge in [0.2, 0.25) is 5.95 Å². The van der Waals surface area contributed by atoms with Gasteiger partial charge in [-0.15, -0.1) is 0 Å². The molecule has 1 aliphatic rings. The van der Waals surface area contributed by atoms with Gasteiger partial charge in [0.1, 0.15) is 0 Å². The van der Waals surface area contributed by atoms with Crippen molar-refractivity contribution in [2.45, 2.75) is 58.5 Å². The molecule has 2 N–H and O–H groups in total. The third-order valence-electron chi connectivity index (χ3n) is 3.75. The van der Waals surface area contributed by atoms with Crippen LogP contribution >= 0.6 is 0 Å². The number of hydrogen-bond donors (Lipinski definition) is 1. The molecule has 100 valence electrons. The van der Waals surface area contributed by atoms with E-state index in [4.69, 9.17) is 5.73 Å². The number of aryl methyl sites for hydroxylation is 2. The Hall–Kier alpha value is -1.16. The summed E-state index contributed by atoms with van der Waals surface area (Å²) in [6.45, 7) is 7.20. The molecule has 4 heteroatoms. The second-order valence-corrected chi connectivity index (χ2v) is 5.31. The average molecular weight is 248 g/mol. The summed E-state index contributed by atoms with van der Waals surface area (Å²) in [6.07, 6.45) is 4.55. The van der Waals surface area contributed by atoms with Crippen LogP contribution in [0, 0.1) is 13.8 Å². The minimum absolute atomic E-state index is 0.389. The molecule has 0 bridgehead atoms.